The highest BCUT2D eigenvalue weighted by Crippen LogP contribution is 2.31. The predicted octanol–water partition coefficient (Wildman–Crippen LogP) is 5.40. The minimum atomic E-state index is -0.260. The Morgan fingerprint density at radius 2 is 1.63 bits per heavy atom. The van der Waals surface area contributed by atoms with Crippen molar-refractivity contribution in [3.63, 3.8) is 0 Å². The van der Waals surface area contributed by atoms with Gasteiger partial charge in [-0.25, -0.2) is 9.37 Å². The lowest BCUT2D eigenvalue weighted by Crippen LogP contribution is -2.29. The van der Waals surface area contributed by atoms with Crippen molar-refractivity contribution in [1.82, 2.24) is 4.98 Å². The fourth-order valence-corrected chi connectivity index (χ4v) is 4.14. The predicted molar refractivity (Wildman–Crippen MR) is 124 cm³/mol. The summed E-state index contributed by atoms with van der Waals surface area (Å²) < 4.78 is 21.0. The van der Waals surface area contributed by atoms with Crippen LogP contribution in [0.2, 0.25) is 0 Å². The number of benzene rings is 3. The molecule has 30 heavy (non-hydrogen) atoms. The van der Waals surface area contributed by atoms with Crippen molar-refractivity contribution in [2.24, 2.45) is 5.73 Å². The fourth-order valence-electron chi connectivity index (χ4n) is 3.15. The van der Waals surface area contributed by atoms with Gasteiger partial charge in [-0.15, -0.1) is 12.4 Å². The quantitative estimate of drug-likeness (QED) is 0.396. The highest BCUT2D eigenvalue weighted by Gasteiger charge is 2.15. The first-order chi connectivity index (χ1) is 14.2. The van der Waals surface area contributed by atoms with Gasteiger partial charge in [-0.1, -0.05) is 59.9 Å². The molecular formula is C23H23ClFN3OS. The number of anilines is 1. The van der Waals surface area contributed by atoms with E-state index >= 15 is 0 Å². The molecule has 4 rings (SSSR count). The molecule has 0 unspecified atom stereocenters. The van der Waals surface area contributed by atoms with Gasteiger partial charge in [0.05, 0.1) is 10.2 Å². The Morgan fingerprint density at radius 1 is 0.933 bits per heavy atom. The third-order valence-corrected chi connectivity index (χ3v) is 5.72. The summed E-state index contributed by atoms with van der Waals surface area (Å²) in [6.07, 6.45) is 0. The zero-order valence-electron chi connectivity index (χ0n) is 16.3. The summed E-state index contributed by atoms with van der Waals surface area (Å²) >= 11 is 1.65. The van der Waals surface area contributed by atoms with Crippen LogP contribution in [0.4, 0.5) is 9.52 Å². The molecule has 3 aromatic carbocycles. The largest absolute Gasteiger partial charge is 0.488 e. The molecular weight excluding hydrogens is 421 g/mol. The van der Waals surface area contributed by atoms with E-state index in [4.69, 9.17) is 15.5 Å². The van der Waals surface area contributed by atoms with E-state index in [1.165, 1.54) is 6.07 Å². The van der Waals surface area contributed by atoms with Gasteiger partial charge < -0.3 is 15.4 Å². The Hall–Kier alpha value is -2.67. The molecule has 0 aliphatic rings. The van der Waals surface area contributed by atoms with Gasteiger partial charge in [0.25, 0.3) is 0 Å². The van der Waals surface area contributed by atoms with Crippen molar-refractivity contribution in [1.29, 1.82) is 0 Å². The van der Waals surface area contributed by atoms with Crippen LogP contribution in [0.3, 0.4) is 0 Å². The maximum absolute atomic E-state index is 13.9. The van der Waals surface area contributed by atoms with E-state index in [0.717, 1.165) is 26.7 Å². The molecule has 0 saturated carbocycles. The molecule has 0 fully saturated rings. The molecule has 0 spiro atoms. The van der Waals surface area contributed by atoms with Gasteiger partial charge in [0.1, 0.15) is 18.2 Å². The second-order valence-electron chi connectivity index (χ2n) is 6.66. The third kappa shape index (κ3) is 5.08. The summed E-state index contributed by atoms with van der Waals surface area (Å²) in [6, 6.07) is 22.6. The van der Waals surface area contributed by atoms with Crippen molar-refractivity contribution in [3.05, 3.63) is 89.7 Å². The Morgan fingerprint density at radius 3 is 2.40 bits per heavy atom. The number of halogens is 2. The summed E-state index contributed by atoms with van der Waals surface area (Å²) in [5.41, 5.74) is 8.40. The molecule has 7 heteroatoms. The van der Waals surface area contributed by atoms with E-state index in [0.29, 0.717) is 25.2 Å². The van der Waals surface area contributed by atoms with Crippen LogP contribution in [0.15, 0.2) is 72.8 Å². The Balaban J connectivity index is 0.00000256. The number of aromatic nitrogens is 1. The first kappa shape index (κ1) is 22.0. The van der Waals surface area contributed by atoms with Gasteiger partial charge in [0, 0.05) is 30.8 Å². The molecule has 0 aliphatic heterocycles. The maximum atomic E-state index is 13.9. The minimum Gasteiger partial charge on any atom is -0.488 e. The average molecular weight is 444 g/mol. The molecule has 1 heterocycles. The molecule has 0 radical (unpaired) electrons. The van der Waals surface area contributed by atoms with Crippen LogP contribution < -0.4 is 15.4 Å². The number of ether oxygens (including phenoxy) is 1. The number of nitrogens with two attached hydrogens (primary N) is 1. The van der Waals surface area contributed by atoms with Gasteiger partial charge in [0.2, 0.25) is 0 Å². The molecule has 156 valence electrons. The Labute approximate surface area is 185 Å². The second kappa shape index (κ2) is 10.4. The molecule has 0 atom stereocenters. The van der Waals surface area contributed by atoms with Gasteiger partial charge >= 0.3 is 0 Å². The van der Waals surface area contributed by atoms with Crippen LogP contribution in [0.1, 0.15) is 11.1 Å². The van der Waals surface area contributed by atoms with Gasteiger partial charge in [-0.3, -0.25) is 0 Å². The molecule has 0 bridgehead atoms. The lowest BCUT2D eigenvalue weighted by Gasteiger charge is -2.22. The average Bonchev–Trinajstić information content (AvgIpc) is 3.18. The highest BCUT2D eigenvalue weighted by molar-refractivity contribution is 7.22. The SMILES string of the molecule is Cl.NCCN(Cc1ccccc1OCc1ccccc1F)c1nc2ccccc2s1. The van der Waals surface area contributed by atoms with Gasteiger partial charge in [-0.05, 0) is 24.3 Å². The number of para-hydroxylation sites is 2. The molecule has 0 saturated heterocycles. The van der Waals surface area contributed by atoms with Crippen LogP contribution in [-0.2, 0) is 13.2 Å². The number of fused-ring (bicyclic) bond motifs is 1. The van der Waals surface area contributed by atoms with E-state index in [9.17, 15) is 4.39 Å². The summed E-state index contributed by atoms with van der Waals surface area (Å²) in [5, 5.41) is 0.931. The first-order valence-corrected chi connectivity index (χ1v) is 10.3. The first-order valence-electron chi connectivity index (χ1n) is 9.49. The summed E-state index contributed by atoms with van der Waals surface area (Å²) in [4.78, 5) is 6.92. The van der Waals surface area contributed by atoms with Crippen molar-refractivity contribution in [3.8, 4) is 5.75 Å². The van der Waals surface area contributed by atoms with Gasteiger partial charge in [0.15, 0.2) is 5.13 Å². The molecule has 0 amide bonds. The minimum absolute atomic E-state index is 0. The summed E-state index contributed by atoms with van der Waals surface area (Å²) in [5.74, 6) is 0.475. The van der Waals surface area contributed by atoms with Crippen molar-refractivity contribution >= 4 is 39.1 Å². The zero-order valence-corrected chi connectivity index (χ0v) is 18.0. The lowest BCUT2D eigenvalue weighted by molar-refractivity contribution is 0.296. The summed E-state index contributed by atoms with van der Waals surface area (Å²) in [6.45, 7) is 2.00. The number of rotatable bonds is 8. The molecule has 2 N–H and O–H groups in total. The standard InChI is InChI=1S/C23H22FN3OS.ClH/c24-19-9-3-1-8-18(19)16-28-21-11-5-2-7-17(21)15-27(14-13-25)23-26-20-10-4-6-12-22(20)29-23;/h1-12H,13-16,25H2;1H. The molecule has 0 aliphatic carbocycles. The Kier molecular flexibility index (Phi) is 7.63. The summed E-state index contributed by atoms with van der Waals surface area (Å²) in [7, 11) is 0. The molecule has 4 nitrogen and oxygen atoms in total. The monoisotopic (exact) mass is 443 g/mol. The van der Waals surface area contributed by atoms with Crippen molar-refractivity contribution in [2.75, 3.05) is 18.0 Å². The van der Waals surface area contributed by atoms with E-state index in [2.05, 4.69) is 11.0 Å². The molecule has 4 aromatic rings. The number of hydrogen-bond donors (Lipinski definition) is 1. The van der Waals surface area contributed by atoms with Crippen LogP contribution in [0, 0.1) is 5.82 Å². The highest BCUT2D eigenvalue weighted by atomic mass is 35.5. The van der Waals surface area contributed by atoms with E-state index in [1.807, 2.05) is 48.5 Å². The Bertz CT molecular complexity index is 1070. The van der Waals surface area contributed by atoms with E-state index < -0.39 is 0 Å². The fraction of sp³-hybridized carbons (Fsp3) is 0.174. The van der Waals surface area contributed by atoms with Crippen LogP contribution in [0.25, 0.3) is 10.2 Å². The van der Waals surface area contributed by atoms with E-state index in [1.54, 1.807) is 23.5 Å². The second-order valence-corrected chi connectivity index (χ2v) is 7.67. The van der Waals surface area contributed by atoms with Gasteiger partial charge in [-0.2, -0.15) is 0 Å². The van der Waals surface area contributed by atoms with Crippen molar-refractivity contribution < 1.29 is 9.13 Å². The number of hydrogen-bond acceptors (Lipinski definition) is 5. The van der Waals surface area contributed by atoms with Crippen LogP contribution in [0.5, 0.6) is 5.75 Å². The number of thiazole rings is 1. The van der Waals surface area contributed by atoms with Crippen LogP contribution >= 0.6 is 23.7 Å². The molecule has 1 aromatic heterocycles. The number of nitrogens with zero attached hydrogens (tertiary/aromatic N) is 2. The maximum Gasteiger partial charge on any atom is 0.186 e. The van der Waals surface area contributed by atoms with E-state index in [-0.39, 0.29) is 24.8 Å². The smallest absolute Gasteiger partial charge is 0.186 e. The lowest BCUT2D eigenvalue weighted by atomic mass is 10.2. The zero-order chi connectivity index (χ0) is 20.1. The normalized spacial score (nSPS) is 10.6. The van der Waals surface area contributed by atoms with Crippen LogP contribution in [-0.4, -0.2) is 18.1 Å². The third-order valence-electron chi connectivity index (χ3n) is 4.63. The topological polar surface area (TPSA) is 51.4 Å². The van der Waals surface area contributed by atoms with Crippen molar-refractivity contribution in [2.45, 2.75) is 13.2 Å².